The van der Waals surface area contributed by atoms with Crippen molar-refractivity contribution < 1.29 is 9.66 Å². The smallest absolute Gasteiger partial charge is 0.342 e. The van der Waals surface area contributed by atoms with E-state index in [1.54, 1.807) is 0 Å². The van der Waals surface area contributed by atoms with E-state index in [2.05, 4.69) is 10.2 Å². The van der Waals surface area contributed by atoms with Gasteiger partial charge in [-0.2, -0.15) is 0 Å². The van der Waals surface area contributed by atoms with Crippen molar-refractivity contribution in [3.8, 4) is 0 Å². The van der Waals surface area contributed by atoms with Crippen LogP contribution < -0.4 is 0 Å². The molecule has 6 heteroatoms. The molecule has 0 radical (unpaired) electrons. The molecule has 0 aromatic carbocycles. The maximum absolute atomic E-state index is 10.1. The normalized spacial score (nSPS) is 9.91. The summed E-state index contributed by atoms with van der Waals surface area (Å²) in [5.41, 5.74) is 0.527. The third kappa shape index (κ3) is 1.74. The Labute approximate surface area is 62.3 Å². The fourth-order valence-electron chi connectivity index (χ4n) is 0.667. The number of H-pyrrole nitrogens is 1. The first-order chi connectivity index (χ1) is 5.24. The lowest BCUT2D eigenvalue weighted by Gasteiger charge is -1.87. The van der Waals surface area contributed by atoms with Crippen LogP contribution in [-0.2, 0) is 11.3 Å². The number of nitrogens with zero attached hydrogens (tertiary/aromatic N) is 2. The predicted molar refractivity (Wildman–Crippen MR) is 36.0 cm³/mol. The molecule has 0 bridgehead atoms. The summed E-state index contributed by atoms with van der Waals surface area (Å²) in [5.74, 6) is -0.114. The van der Waals surface area contributed by atoms with Gasteiger partial charge in [-0.15, -0.1) is 5.10 Å². The Hall–Kier alpha value is -1.43. The lowest BCUT2D eigenvalue weighted by atomic mass is 10.4. The van der Waals surface area contributed by atoms with Gasteiger partial charge in [-0.1, -0.05) is 5.10 Å². The van der Waals surface area contributed by atoms with Crippen molar-refractivity contribution in [2.75, 3.05) is 7.11 Å². The first-order valence-electron chi connectivity index (χ1n) is 2.91. The third-order valence-corrected chi connectivity index (χ3v) is 1.11. The molecular weight excluding hydrogens is 150 g/mol. The minimum absolute atomic E-state index is 0.114. The Kier molecular flexibility index (Phi) is 2.17. The van der Waals surface area contributed by atoms with E-state index in [-0.39, 0.29) is 12.4 Å². The van der Waals surface area contributed by atoms with Crippen LogP contribution in [0.3, 0.4) is 0 Å². The van der Waals surface area contributed by atoms with E-state index < -0.39 is 4.92 Å². The van der Waals surface area contributed by atoms with E-state index in [4.69, 9.17) is 4.74 Å². The number of aromatic nitrogens is 2. The molecule has 0 spiro atoms. The maximum atomic E-state index is 10.1. The van der Waals surface area contributed by atoms with Crippen LogP contribution in [0.15, 0.2) is 6.07 Å². The molecule has 0 unspecified atom stereocenters. The average molecular weight is 157 g/mol. The number of methoxy groups -OCH3 is 1. The van der Waals surface area contributed by atoms with Gasteiger partial charge in [-0.05, 0) is 4.92 Å². The van der Waals surface area contributed by atoms with Gasteiger partial charge >= 0.3 is 5.82 Å². The van der Waals surface area contributed by atoms with Gasteiger partial charge in [-0.3, -0.25) is 0 Å². The molecule has 1 aromatic heterocycles. The molecule has 1 rings (SSSR count). The molecular formula is C5H7N3O3. The number of rotatable bonds is 3. The van der Waals surface area contributed by atoms with Gasteiger partial charge in [0.2, 0.25) is 0 Å². The molecule has 6 nitrogen and oxygen atoms in total. The number of aromatic amines is 1. The zero-order valence-electron chi connectivity index (χ0n) is 5.90. The Balaban J connectivity index is 2.73. The van der Waals surface area contributed by atoms with Crippen LogP contribution >= 0.6 is 0 Å². The summed E-state index contributed by atoms with van der Waals surface area (Å²) in [6.07, 6.45) is 0. The van der Waals surface area contributed by atoms with Crippen molar-refractivity contribution in [2.24, 2.45) is 0 Å². The van der Waals surface area contributed by atoms with Crippen LogP contribution in [0, 0.1) is 10.1 Å². The van der Waals surface area contributed by atoms with Crippen LogP contribution in [-0.4, -0.2) is 22.2 Å². The van der Waals surface area contributed by atoms with E-state index in [0.717, 1.165) is 0 Å². The van der Waals surface area contributed by atoms with Crippen LogP contribution in [0.1, 0.15) is 5.69 Å². The van der Waals surface area contributed by atoms with Crippen LogP contribution in [0.4, 0.5) is 5.82 Å². The van der Waals surface area contributed by atoms with Gasteiger partial charge in [0.05, 0.1) is 12.7 Å². The minimum Gasteiger partial charge on any atom is -0.378 e. The van der Waals surface area contributed by atoms with Crippen molar-refractivity contribution in [3.05, 3.63) is 21.9 Å². The number of ether oxygens (including phenoxy) is 1. The SMILES string of the molecule is COCc1cc([N+](=O)[O-])[nH]n1. The van der Waals surface area contributed by atoms with Gasteiger partial charge in [-0.25, -0.2) is 0 Å². The van der Waals surface area contributed by atoms with Crippen molar-refractivity contribution in [1.82, 2.24) is 10.2 Å². The minimum atomic E-state index is -0.536. The molecule has 0 amide bonds. The van der Waals surface area contributed by atoms with Gasteiger partial charge in [0, 0.05) is 7.11 Å². The topological polar surface area (TPSA) is 81.0 Å². The molecule has 0 atom stereocenters. The summed E-state index contributed by atoms with van der Waals surface area (Å²) in [5, 5.41) is 16.0. The van der Waals surface area contributed by atoms with Gasteiger partial charge in [0.25, 0.3) is 0 Å². The fraction of sp³-hybridized carbons (Fsp3) is 0.400. The first kappa shape index (κ1) is 7.67. The summed E-state index contributed by atoms with van der Waals surface area (Å²) in [6.45, 7) is 0.282. The van der Waals surface area contributed by atoms with E-state index in [0.29, 0.717) is 5.69 Å². The second kappa shape index (κ2) is 3.11. The molecule has 0 aliphatic heterocycles. The van der Waals surface area contributed by atoms with Crippen molar-refractivity contribution in [1.29, 1.82) is 0 Å². The van der Waals surface area contributed by atoms with E-state index in [1.807, 2.05) is 0 Å². The fourth-order valence-corrected chi connectivity index (χ4v) is 0.667. The Morgan fingerprint density at radius 3 is 3.09 bits per heavy atom. The molecule has 11 heavy (non-hydrogen) atoms. The standard InChI is InChI=1S/C5H7N3O3/c1-11-3-4-2-5(7-6-4)8(9)10/h2H,3H2,1H3,(H,6,7). The van der Waals surface area contributed by atoms with Crippen molar-refractivity contribution in [3.63, 3.8) is 0 Å². The van der Waals surface area contributed by atoms with Gasteiger partial charge in [0.1, 0.15) is 5.69 Å². The van der Waals surface area contributed by atoms with Crippen LogP contribution in [0.5, 0.6) is 0 Å². The summed E-state index contributed by atoms with van der Waals surface area (Å²) in [7, 11) is 1.50. The van der Waals surface area contributed by atoms with E-state index in [1.165, 1.54) is 13.2 Å². The molecule has 0 aliphatic rings. The van der Waals surface area contributed by atoms with Gasteiger partial charge < -0.3 is 14.9 Å². The zero-order chi connectivity index (χ0) is 8.27. The highest BCUT2D eigenvalue weighted by Gasteiger charge is 2.08. The van der Waals surface area contributed by atoms with Crippen LogP contribution in [0.25, 0.3) is 0 Å². The highest BCUT2D eigenvalue weighted by atomic mass is 16.6. The molecule has 1 N–H and O–H groups in total. The maximum Gasteiger partial charge on any atom is 0.342 e. The summed E-state index contributed by atoms with van der Waals surface area (Å²) >= 11 is 0. The monoisotopic (exact) mass is 157 g/mol. The van der Waals surface area contributed by atoms with E-state index >= 15 is 0 Å². The molecule has 0 fully saturated rings. The third-order valence-electron chi connectivity index (χ3n) is 1.11. The quantitative estimate of drug-likeness (QED) is 0.510. The van der Waals surface area contributed by atoms with Crippen LogP contribution in [0.2, 0.25) is 0 Å². The largest absolute Gasteiger partial charge is 0.378 e. The Morgan fingerprint density at radius 1 is 1.91 bits per heavy atom. The molecule has 0 saturated heterocycles. The highest BCUT2D eigenvalue weighted by molar-refractivity contribution is 5.19. The van der Waals surface area contributed by atoms with Gasteiger partial charge in [0.15, 0.2) is 0 Å². The average Bonchev–Trinajstić information content (AvgIpc) is 2.37. The molecule has 1 heterocycles. The lowest BCUT2D eigenvalue weighted by Crippen LogP contribution is -1.86. The second-order valence-corrected chi connectivity index (χ2v) is 1.93. The van der Waals surface area contributed by atoms with Crippen molar-refractivity contribution >= 4 is 5.82 Å². The number of nitro groups is 1. The number of nitrogens with one attached hydrogen (secondary N) is 1. The molecule has 60 valence electrons. The second-order valence-electron chi connectivity index (χ2n) is 1.93. The highest BCUT2D eigenvalue weighted by Crippen LogP contribution is 2.07. The Morgan fingerprint density at radius 2 is 2.64 bits per heavy atom. The van der Waals surface area contributed by atoms with E-state index in [9.17, 15) is 10.1 Å². The number of hydrogen-bond acceptors (Lipinski definition) is 4. The Bertz CT molecular complexity index is 257. The molecule has 0 saturated carbocycles. The zero-order valence-corrected chi connectivity index (χ0v) is 5.90. The lowest BCUT2D eigenvalue weighted by molar-refractivity contribution is -0.389. The summed E-state index contributed by atoms with van der Waals surface area (Å²) in [6, 6.07) is 1.34. The van der Waals surface area contributed by atoms with Crippen molar-refractivity contribution in [2.45, 2.75) is 6.61 Å². The molecule has 0 aliphatic carbocycles. The summed E-state index contributed by atoms with van der Waals surface area (Å²) < 4.78 is 4.72. The summed E-state index contributed by atoms with van der Waals surface area (Å²) in [4.78, 5) is 9.58. The molecule has 1 aromatic rings. The predicted octanol–water partition coefficient (Wildman–Crippen LogP) is 0.464. The first-order valence-corrected chi connectivity index (χ1v) is 2.91. The number of hydrogen-bond donors (Lipinski definition) is 1.